The molecule has 1 aliphatic rings. The highest BCUT2D eigenvalue weighted by molar-refractivity contribution is 7.89. The van der Waals surface area contributed by atoms with Crippen LogP contribution in [-0.2, 0) is 10.0 Å². The van der Waals surface area contributed by atoms with E-state index in [2.05, 4.69) is 13.8 Å². The third-order valence-corrected chi connectivity index (χ3v) is 5.25. The highest BCUT2D eigenvalue weighted by Crippen LogP contribution is 2.33. The van der Waals surface area contributed by atoms with E-state index in [-0.39, 0.29) is 16.7 Å². The number of nitrogens with zero attached hydrogens (tertiary/aromatic N) is 1. The third kappa shape index (κ3) is 3.48. The molecule has 0 spiro atoms. The van der Waals surface area contributed by atoms with Gasteiger partial charge >= 0.3 is 0 Å². The van der Waals surface area contributed by atoms with Crippen molar-refractivity contribution in [2.75, 3.05) is 6.54 Å². The van der Waals surface area contributed by atoms with E-state index in [9.17, 15) is 13.5 Å². The molecule has 0 unspecified atom stereocenters. The molecule has 0 atom stereocenters. The van der Waals surface area contributed by atoms with Crippen LogP contribution in [0.5, 0.6) is 5.75 Å². The van der Waals surface area contributed by atoms with Gasteiger partial charge in [-0.1, -0.05) is 19.9 Å². The normalized spacial score (nSPS) is 16.2. The minimum Gasteiger partial charge on any atom is -0.508 e. The van der Waals surface area contributed by atoms with Crippen molar-refractivity contribution in [3.05, 3.63) is 24.3 Å². The molecule has 0 amide bonds. The first kappa shape index (κ1) is 14.3. The minimum absolute atomic E-state index is 0.0133. The van der Waals surface area contributed by atoms with Gasteiger partial charge in [0.1, 0.15) is 5.75 Å². The van der Waals surface area contributed by atoms with Crippen molar-refractivity contribution < 1.29 is 13.5 Å². The van der Waals surface area contributed by atoms with Crippen molar-refractivity contribution in [3.8, 4) is 5.75 Å². The molecule has 0 radical (unpaired) electrons. The summed E-state index contributed by atoms with van der Waals surface area (Å²) in [4.78, 5) is 0.183. The molecular weight excluding hydrogens is 262 g/mol. The third-order valence-electron chi connectivity index (χ3n) is 3.31. The summed E-state index contributed by atoms with van der Waals surface area (Å²) < 4.78 is 26.8. The predicted octanol–water partition coefficient (Wildman–Crippen LogP) is 2.59. The molecule has 0 saturated heterocycles. The van der Waals surface area contributed by atoms with Gasteiger partial charge in [-0.2, -0.15) is 4.31 Å². The number of phenols is 1. The first-order valence-electron chi connectivity index (χ1n) is 6.72. The summed E-state index contributed by atoms with van der Waals surface area (Å²) >= 11 is 0. The van der Waals surface area contributed by atoms with Crippen molar-refractivity contribution in [3.63, 3.8) is 0 Å². The van der Waals surface area contributed by atoms with Gasteiger partial charge < -0.3 is 5.11 Å². The molecule has 0 bridgehead atoms. The second-order valence-corrected chi connectivity index (χ2v) is 7.42. The maximum Gasteiger partial charge on any atom is 0.243 e. The quantitative estimate of drug-likeness (QED) is 0.873. The standard InChI is InChI=1S/C14H21NO3S/c1-11(2)8-9-15(12-6-7-12)19(17,18)14-5-3-4-13(16)10-14/h3-5,10-12,16H,6-9H2,1-2H3. The lowest BCUT2D eigenvalue weighted by Crippen LogP contribution is -2.34. The molecule has 0 heterocycles. The zero-order valence-electron chi connectivity index (χ0n) is 11.4. The van der Waals surface area contributed by atoms with Crippen molar-refractivity contribution >= 4 is 10.0 Å². The van der Waals surface area contributed by atoms with E-state index in [1.807, 2.05) is 0 Å². The molecule has 1 N–H and O–H groups in total. The molecule has 0 aliphatic heterocycles. The van der Waals surface area contributed by atoms with Crippen molar-refractivity contribution in [1.29, 1.82) is 0 Å². The monoisotopic (exact) mass is 283 g/mol. The smallest absolute Gasteiger partial charge is 0.243 e. The summed E-state index contributed by atoms with van der Waals surface area (Å²) in [5.41, 5.74) is 0. The van der Waals surface area contributed by atoms with E-state index in [4.69, 9.17) is 0 Å². The molecule has 2 rings (SSSR count). The van der Waals surface area contributed by atoms with E-state index >= 15 is 0 Å². The van der Waals surface area contributed by atoms with Gasteiger partial charge in [-0.05, 0) is 43.4 Å². The Kier molecular flexibility index (Phi) is 4.16. The molecule has 5 heteroatoms. The Morgan fingerprint density at radius 3 is 2.58 bits per heavy atom. The molecule has 0 aromatic heterocycles. The lowest BCUT2D eigenvalue weighted by atomic mass is 10.1. The Balaban J connectivity index is 2.24. The number of hydrogen-bond acceptors (Lipinski definition) is 3. The van der Waals surface area contributed by atoms with E-state index in [0.29, 0.717) is 12.5 Å². The Labute approximate surface area is 115 Å². The highest BCUT2D eigenvalue weighted by Gasteiger charge is 2.37. The number of hydrogen-bond donors (Lipinski definition) is 1. The molecule has 1 aromatic rings. The molecule has 19 heavy (non-hydrogen) atoms. The molecular formula is C14H21NO3S. The van der Waals surface area contributed by atoms with Gasteiger partial charge in [-0.3, -0.25) is 0 Å². The van der Waals surface area contributed by atoms with Gasteiger partial charge in [0.2, 0.25) is 10.0 Å². The average Bonchev–Trinajstić information content (AvgIpc) is 3.13. The Morgan fingerprint density at radius 1 is 1.37 bits per heavy atom. The molecule has 1 aliphatic carbocycles. The van der Waals surface area contributed by atoms with E-state index in [0.717, 1.165) is 19.3 Å². The van der Waals surface area contributed by atoms with Gasteiger partial charge in [0.25, 0.3) is 0 Å². The van der Waals surface area contributed by atoms with E-state index in [1.165, 1.54) is 12.1 Å². The topological polar surface area (TPSA) is 57.6 Å². The zero-order valence-corrected chi connectivity index (χ0v) is 12.2. The molecule has 1 fully saturated rings. The number of benzene rings is 1. The Hall–Kier alpha value is -1.07. The van der Waals surface area contributed by atoms with Gasteiger partial charge in [0.05, 0.1) is 4.90 Å². The minimum atomic E-state index is -3.48. The number of phenolic OH excluding ortho intramolecular Hbond substituents is 1. The summed E-state index contributed by atoms with van der Waals surface area (Å²) in [7, 11) is -3.48. The van der Waals surface area contributed by atoms with Crippen LogP contribution in [0, 0.1) is 5.92 Å². The summed E-state index contributed by atoms with van der Waals surface area (Å²) in [6, 6.07) is 6.05. The summed E-state index contributed by atoms with van der Waals surface area (Å²) in [6.07, 6.45) is 2.74. The average molecular weight is 283 g/mol. The van der Waals surface area contributed by atoms with E-state index in [1.54, 1.807) is 16.4 Å². The first-order chi connectivity index (χ1) is 8.91. The fourth-order valence-electron chi connectivity index (χ4n) is 2.03. The maximum atomic E-state index is 12.6. The van der Waals surface area contributed by atoms with Gasteiger partial charge in [-0.15, -0.1) is 0 Å². The SMILES string of the molecule is CC(C)CCN(C1CC1)S(=O)(=O)c1cccc(O)c1. The summed E-state index contributed by atoms with van der Waals surface area (Å²) in [6.45, 7) is 4.73. The van der Waals surface area contributed by atoms with Crippen LogP contribution >= 0.6 is 0 Å². The number of aromatic hydroxyl groups is 1. The Bertz CT molecular complexity index is 535. The molecule has 1 aromatic carbocycles. The van der Waals surface area contributed by atoms with Crippen LogP contribution in [-0.4, -0.2) is 30.4 Å². The van der Waals surface area contributed by atoms with Gasteiger partial charge in [-0.25, -0.2) is 8.42 Å². The number of sulfonamides is 1. The van der Waals surface area contributed by atoms with Crippen molar-refractivity contribution in [2.24, 2.45) is 5.92 Å². The fraction of sp³-hybridized carbons (Fsp3) is 0.571. The molecule has 4 nitrogen and oxygen atoms in total. The number of rotatable bonds is 6. The second-order valence-electron chi connectivity index (χ2n) is 5.53. The summed E-state index contributed by atoms with van der Waals surface area (Å²) in [5, 5.41) is 9.45. The highest BCUT2D eigenvalue weighted by atomic mass is 32.2. The lowest BCUT2D eigenvalue weighted by molar-refractivity contribution is 0.373. The van der Waals surface area contributed by atoms with Crippen LogP contribution in [0.25, 0.3) is 0 Å². The van der Waals surface area contributed by atoms with Crippen LogP contribution in [0.2, 0.25) is 0 Å². The fourth-order valence-corrected chi connectivity index (χ4v) is 3.77. The summed E-state index contributed by atoms with van der Waals surface area (Å²) in [5.74, 6) is 0.460. The Morgan fingerprint density at radius 2 is 2.05 bits per heavy atom. The van der Waals surface area contributed by atoms with Gasteiger partial charge in [0, 0.05) is 12.6 Å². The predicted molar refractivity (Wildman–Crippen MR) is 74.5 cm³/mol. The zero-order chi connectivity index (χ0) is 14.0. The maximum absolute atomic E-state index is 12.6. The second kappa shape index (κ2) is 5.51. The van der Waals surface area contributed by atoms with E-state index < -0.39 is 10.0 Å². The van der Waals surface area contributed by atoms with Crippen LogP contribution in [0.4, 0.5) is 0 Å². The molecule has 1 saturated carbocycles. The van der Waals surface area contributed by atoms with Crippen LogP contribution in [0.15, 0.2) is 29.2 Å². The largest absolute Gasteiger partial charge is 0.508 e. The van der Waals surface area contributed by atoms with Crippen molar-refractivity contribution in [2.45, 2.75) is 44.0 Å². The van der Waals surface area contributed by atoms with Crippen LogP contribution in [0.3, 0.4) is 0 Å². The van der Waals surface area contributed by atoms with Crippen molar-refractivity contribution in [1.82, 2.24) is 4.31 Å². The van der Waals surface area contributed by atoms with Crippen LogP contribution < -0.4 is 0 Å². The van der Waals surface area contributed by atoms with Gasteiger partial charge in [0.15, 0.2) is 0 Å². The lowest BCUT2D eigenvalue weighted by Gasteiger charge is -2.22. The first-order valence-corrected chi connectivity index (χ1v) is 8.16. The van der Waals surface area contributed by atoms with Crippen LogP contribution in [0.1, 0.15) is 33.1 Å². The molecule has 106 valence electrons.